The van der Waals surface area contributed by atoms with Crippen LogP contribution in [0.2, 0.25) is 5.02 Å². The van der Waals surface area contributed by atoms with Crippen LogP contribution in [0.4, 0.5) is 5.69 Å². The van der Waals surface area contributed by atoms with Crippen LogP contribution in [-0.2, 0) is 9.59 Å². The van der Waals surface area contributed by atoms with Crippen LogP contribution in [0.5, 0.6) is 5.75 Å². The van der Waals surface area contributed by atoms with E-state index in [0.29, 0.717) is 16.5 Å². The number of hydrogen-bond donors (Lipinski definition) is 2. The maximum atomic E-state index is 12.2. The first-order valence-electron chi connectivity index (χ1n) is 6.26. The summed E-state index contributed by atoms with van der Waals surface area (Å²) in [5.41, 5.74) is 0.473. The second kappa shape index (κ2) is 7.14. The molecule has 1 aromatic carbocycles. The van der Waals surface area contributed by atoms with E-state index in [9.17, 15) is 9.59 Å². The number of rotatable bonds is 5. The zero-order chi connectivity index (χ0) is 15.3. The van der Waals surface area contributed by atoms with Gasteiger partial charge in [0, 0.05) is 11.9 Å². The molecule has 0 aliphatic carbocycles. The second-order valence-corrected chi connectivity index (χ2v) is 5.19. The van der Waals surface area contributed by atoms with Crippen LogP contribution in [0.3, 0.4) is 0 Å². The second-order valence-electron chi connectivity index (χ2n) is 4.76. The third-order valence-corrected chi connectivity index (χ3v) is 2.96. The van der Waals surface area contributed by atoms with Gasteiger partial charge in [-0.25, -0.2) is 0 Å². The van der Waals surface area contributed by atoms with E-state index in [1.165, 1.54) is 14.0 Å². The lowest BCUT2D eigenvalue weighted by Gasteiger charge is -2.21. The minimum Gasteiger partial charge on any atom is -0.495 e. The molecule has 0 saturated carbocycles. The van der Waals surface area contributed by atoms with Gasteiger partial charge in [-0.15, -0.1) is 0 Å². The molecule has 6 heteroatoms. The molecule has 2 amide bonds. The van der Waals surface area contributed by atoms with Crippen LogP contribution in [-0.4, -0.2) is 25.0 Å². The smallest absolute Gasteiger partial charge is 0.247 e. The Hall–Kier alpha value is -1.75. The zero-order valence-corrected chi connectivity index (χ0v) is 12.7. The SMILES string of the molecule is COc1ccc(Cl)cc1NC(=O)[C@H](NC(C)=O)C(C)C. The maximum absolute atomic E-state index is 12.2. The summed E-state index contributed by atoms with van der Waals surface area (Å²) in [7, 11) is 1.51. The normalized spacial score (nSPS) is 11.9. The van der Waals surface area contributed by atoms with Crippen molar-refractivity contribution in [1.29, 1.82) is 0 Å². The average Bonchev–Trinajstić information content (AvgIpc) is 2.35. The number of carbonyl (C=O) groups is 2. The molecule has 1 atom stereocenters. The molecule has 110 valence electrons. The lowest BCUT2D eigenvalue weighted by molar-refractivity contribution is -0.126. The van der Waals surface area contributed by atoms with Crippen LogP contribution in [0.25, 0.3) is 0 Å². The molecule has 0 aromatic heterocycles. The van der Waals surface area contributed by atoms with Crippen molar-refractivity contribution in [2.24, 2.45) is 5.92 Å². The molecule has 0 aliphatic heterocycles. The van der Waals surface area contributed by atoms with E-state index in [1.807, 2.05) is 13.8 Å². The number of halogens is 1. The van der Waals surface area contributed by atoms with Gasteiger partial charge in [0.2, 0.25) is 11.8 Å². The van der Waals surface area contributed by atoms with Gasteiger partial charge in [-0.2, -0.15) is 0 Å². The standard InChI is InChI=1S/C14H19ClN2O3/c1-8(2)13(16-9(3)18)14(19)17-11-7-10(15)5-6-12(11)20-4/h5-8,13H,1-4H3,(H,16,18)(H,17,19)/t13-/m1/s1. The summed E-state index contributed by atoms with van der Waals surface area (Å²) < 4.78 is 5.16. The minimum absolute atomic E-state index is 0.0379. The largest absolute Gasteiger partial charge is 0.495 e. The lowest BCUT2D eigenvalue weighted by atomic mass is 10.0. The molecule has 0 saturated heterocycles. The van der Waals surface area contributed by atoms with E-state index in [0.717, 1.165) is 0 Å². The number of ether oxygens (including phenoxy) is 1. The van der Waals surface area contributed by atoms with Crippen LogP contribution >= 0.6 is 11.6 Å². The van der Waals surface area contributed by atoms with Crippen molar-refractivity contribution < 1.29 is 14.3 Å². The molecule has 1 aromatic rings. The Bertz CT molecular complexity index is 503. The molecule has 0 aliphatic rings. The van der Waals surface area contributed by atoms with Crippen LogP contribution in [0, 0.1) is 5.92 Å². The molecule has 0 radical (unpaired) electrons. The Balaban J connectivity index is 2.93. The van der Waals surface area contributed by atoms with Gasteiger partial charge in [0.1, 0.15) is 11.8 Å². The number of amides is 2. The van der Waals surface area contributed by atoms with Crippen LogP contribution in [0.15, 0.2) is 18.2 Å². The van der Waals surface area contributed by atoms with E-state index < -0.39 is 6.04 Å². The van der Waals surface area contributed by atoms with Gasteiger partial charge in [-0.05, 0) is 24.1 Å². The quantitative estimate of drug-likeness (QED) is 0.877. The van der Waals surface area contributed by atoms with Gasteiger partial charge >= 0.3 is 0 Å². The van der Waals surface area contributed by atoms with Crippen molar-refractivity contribution in [2.45, 2.75) is 26.8 Å². The highest BCUT2D eigenvalue weighted by Gasteiger charge is 2.23. The fourth-order valence-corrected chi connectivity index (χ4v) is 1.91. The molecular formula is C14H19ClN2O3. The number of hydrogen-bond acceptors (Lipinski definition) is 3. The molecule has 0 spiro atoms. The van der Waals surface area contributed by atoms with Crippen molar-refractivity contribution in [1.82, 2.24) is 5.32 Å². The van der Waals surface area contributed by atoms with Crippen molar-refractivity contribution in [3.05, 3.63) is 23.2 Å². The van der Waals surface area contributed by atoms with Crippen molar-refractivity contribution in [3.63, 3.8) is 0 Å². The first kappa shape index (κ1) is 16.3. The predicted octanol–water partition coefficient (Wildman–Crippen LogP) is 2.45. The molecular weight excluding hydrogens is 280 g/mol. The third kappa shape index (κ3) is 4.42. The summed E-state index contributed by atoms with van der Waals surface area (Å²) >= 11 is 5.91. The minimum atomic E-state index is -0.615. The van der Waals surface area contributed by atoms with Crippen molar-refractivity contribution >= 4 is 29.1 Å². The Kier molecular flexibility index (Phi) is 5.82. The number of anilines is 1. The maximum Gasteiger partial charge on any atom is 0.247 e. The highest BCUT2D eigenvalue weighted by atomic mass is 35.5. The van der Waals surface area contributed by atoms with Crippen molar-refractivity contribution in [2.75, 3.05) is 12.4 Å². The van der Waals surface area contributed by atoms with E-state index in [2.05, 4.69) is 10.6 Å². The van der Waals surface area contributed by atoms with Crippen LogP contribution < -0.4 is 15.4 Å². The number of nitrogens with one attached hydrogen (secondary N) is 2. The third-order valence-electron chi connectivity index (χ3n) is 2.73. The summed E-state index contributed by atoms with van der Waals surface area (Å²) in [5, 5.41) is 5.84. The Morgan fingerprint density at radius 1 is 1.30 bits per heavy atom. The molecule has 1 rings (SSSR count). The fraction of sp³-hybridized carbons (Fsp3) is 0.429. The van der Waals surface area contributed by atoms with Crippen molar-refractivity contribution in [3.8, 4) is 5.75 Å². The van der Waals surface area contributed by atoms with E-state index in [-0.39, 0.29) is 17.7 Å². The van der Waals surface area contributed by atoms with E-state index >= 15 is 0 Å². The van der Waals surface area contributed by atoms with E-state index in [4.69, 9.17) is 16.3 Å². The van der Waals surface area contributed by atoms with Gasteiger partial charge in [-0.1, -0.05) is 25.4 Å². The monoisotopic (exact) mass is 298 g/mol. The molecule has 0 heterocycles. The van der Waals surface area contributed by atoms with Gasteiger partial charge in [-0.3, -0.25) is 9.59 Å². The van der Waals surface area contributed by atoms with Gasteiger partial charge in [0.05, 0.1) is 12.8 Å². The summed E-state index contributed by atoms with van der Waals surface area (Å²) in [6.07, 6.45) is 0. The Morgan fingerprint density at radius 2 is 1.95 bits per heavy atom. The highest BCUT2D eigenvalue weighted by molar-refractivity contribution is 6.31. The molecule has 0 unspecified atom stereocenters. The molecule has 5 nitrogen and oxygen atoms in total. The van der Waals surface area contributed by atoms with Gasteiger partial charge in [0.25, 0.3) is 0 Å². The Labute approximate surface area is 123 Å². The average molecular weight is 299 g/mol. The first-order chi connectivity index (χ1) is 9.35. The highest BCUT2D eigenvalue weighted by Crippen LogP contribution is 2.28. The fourth-order valence-electron chi connectivity index (χ4n) is 1.74. The Morgan fingerprint density at radius 3 is 2.45 bits per heavy atom. The summed E-state index contributed by atoms with van der Waals surface area (Å²) in [6, 6.07) is 4.32. The number of carbonyl (C=O) groups excluding carboxylic acids is 2. The zero-order valence-electron chi connectivity index (χ0n) is 12.0. The molecule has 20 heavy (non-hydrogen) atoms. The summed E-state index contributed by atoms with van der Waals surface area (Å²) in [5.74, 6) is -0.0927. The first-order valence-corrected chi connectivity index (χ1v) is 6.64. The lowest BCUT2D eigenvalue weighted by Crippen LogP contribution is -2.46. The number of methoxy groups -OCH3 is 1. The predicted molar refractivity (Wildman–Crippen MR) is 79.1 cm³/mol. The topological polar surface area (TPSA) is 67.4 Å². The molecule has 0 fully saturated rings. The summed E-state index contributed by atoms with van der Waals surface area (Å²) in [4.78, 5) is 23.4. The number of benzene rings is 1. The molecule has 0 bridgehead atoms. The van der Waals surface area contributed by atoms with Gasteiger partial charge in [0.15, 0.2) is 0 Å². The van der Waals surface area contributed by atoms with Gasteiger partial charge < -0.3 is 15.4 Å². The summed E-state index contributed by atoms with van der Waals surface area (Å²) in [6.45, 7) is 5.09. The van der Waals surface area contributed by atoms with E-state index in [1.54, 1.807) is 18.2 Å². The van der Waals surface area contributed by atoms with Crippen LogP contribution in [0.1, 0.15) is 20.8 Å². The molecule has 2 N–H and O–H groups in total.